The van der Waals surface area contributed by atoms with Crippen LogP contribution in [0, 0.1) is 6.92 Å². The Labute approximate surface area is 144 Å². The number of hydrogen-bond donors (Lipinski definition) is 2. The molecule has 0 spiro atoms. The SMILES string of the molecule is Cc1cc(=O)n2c(n1)NC(Nc1ccccc1)=N[C@H]2c1ccncc1. The fourth-order valence-corrected chi connectivity index (χ4v) is 2.73. The van der Waals surface area contributed by atoms with E-state index in [-0.39, 0.29) is 5.56 Å². The van der Waals surface area contributed by atoms with Crippen molar-refractivity contribution in [1.29, 1.82) is 0 Å². The maximum Gasteiger partial charge on any atom is 0.257 e. The molecule has 1 aliphatic rings. The number of aliphatic imine (C=N–C) groups is 1. The molecule has 0 unspecified atom stereocenters. The van der Waals surface area contributed by atoms with Gasteiger partial charge in [0.05, 0.1) is 0 Å². The first-order valence-electron chi connectivity index (χ1n) is 7.88. The second-order valence-corrected chi connectivity index (χ2v) is 5.68. The van der Waals surface area contributed by atoms with Crippen LogP contribution in [0.25, 0.3) is 0 Å². The molecule has 2 aromatic heterocycles. The summed E-state index contributed by atoms with van der Waals surface area (Å²) in [6.07, 6.45) is 2.86. The molecule has 0 saturated heterocycles. The van der Waals surface area contributed by atoms with E-state index in [2.05, 4.69) is 25.6 Å². The summed E-state index contributed by atoms with van der Waals surface area (Å²) in [4.78, 5) is 25.7. The van der Waals surface area contributed by atoms with Gasteiger partial charge in [0, 0.05) is 35.4 Å². The van der Waals surface area contributed by atoms with Gasteiger partial charge in [-0.25, -0.2) is 9.98 Å². The Hall–Kier alpha value is -3.48. The lowest BCUT2D eigenvalue weighted by atomic mass is 10.2. The number of aromatic nitrogens is 3. The Morgan fingerprint density at radius 2 is 1.88 bits per heavy atom. The Kier molecular flexibility index (Phi) is 3.74. The molecule has 1 aromatic carbocycles. The van der Waals surface area contributed by atoms with E-state index in [0.717, 1.165) is 11.3 Å². The molecule has 0 radical (unpaired) electrons. The third-order valence-electron chi connectivity index (χ3n) is 3.85. The van der Waals surface area contributed by atoms with Crippen molar-refractivity contribution in [3.05, 3.63) is 82.5 Å². The number of pyridine rings is 1. The van der Waals surface area contributed by atoms with Gasteiger partial charge in [-0.1, -0.05) is 18.2 Å². The summed E-state index contributed by atoms with van der Waals surface area (Å²) in [6, 6.07) is 14.9. The molecule has 0 fully saturated rings. The van der Waals surface area contributed by atoms with Crippen molar-refractivity contribution >= 4 is 17.6 Å². The monoisotopic (exact) mass is 332 g/mol. The van der Waals surface area contributed by atoms with Crippen molar-refractivity contribution in [1.82, 2.24) is 14.5 Å². The number of benzene rings is 1. The molecule has 124 valence electrons. The minimum Gasteiger partial charge on any atom is -0.326 e. The van der Waals surface area contributed by atoms with Crippen LogP contribution in [0.4, 0.5) is 11.6 Å². The summed E-state index contributed by atoms with van der Waals surface area (Å²) < 4.78 is 1.54. The Bertz CT molecular complexity index is 981. The summed E-state index contributed by atoms with van der Waals surface area (Å²) in [6.45, 7) is 1.79. The van der Waals surface area contributed by atoms with Crippen LogP contribution >= 0.6 is 0 Å². The fraction of sp³-hybridized carbons (Fsp3) is 0.111. The number of para-hydroxylation sites is 1. The molecule has 7 nitrogen and oxygen atoms in total. The van der Waals surface area contributed by atoms with Gasteiger partial charge in [0.15, 0.2) is 6.17 Å². The minimum atomic E-state index is -0.508. The average Bonchev–Trinajstić information content (AvgIpc) is 2.62. The summed E-state index contributed by atoms with van der Waals surface area (Å²) in [7, 11) is 0. The van der Waals surface area contributed by atoms with Crippen LogP contribution in [0.1, 0.15) is 17.4 Å². The molecule has 0 saturated carbocycles. The van der Waals surface area contributed by atoms with Crippen LogP contribution in [0.2, 0.25) is 0 Å². The van der Waals surface area contributed by atoms with Gasteiger partial charge in [0.25, 0.3) is 5.56 Å². The number of aryl methyl sites for hydroxylation is 1. The molecule has 0 bridgehead atoms. The molecule has 3 aromatic rings. The third kappa shape index (κ3) is 2.99. The van der Waals surface area contributed by atoms with Gasteiger partial charge in [-0.3, -0.25) is 19.7 Å². The number of rotatable bonds is 2. The van der Waals surface area contributed by atoms with Gasteiger partial charge in [0.1, 0.15) is 0 Å². The van der Waals surface area contributed by atoms with Crippen LogP contribution in [0.15, 0.2) is 70.7 Å². The van der Waals surface area contributed by atoms with Gasteiger partial charge in [0.2, 0.25) is 11.9 Å². The topological polar surface area (TPSA) is 84.2 Å². The standard InChI is InChI=1S/C18H16N6O/c1-12-11-15(25)24-16(13-7-9-19-10-8-13)22-17(23-18(24)20-12)21-14-5-3-2-4-6-14/h2-11,16H,1H3,(H2,20,21,22,23)/t16-/m1/s1. The number of anilines is 2. The largest absolute Gasteiger partial charge is 0.326 e. The molecule has 25 heavy (non-hydrogen) atoms. The smallest absolute Gasteiger partial charge is 0.257 e. The van der Waals surface area contributed by atoms with E-state index >= 15 is 0 Å². The number of nitrogens with one attached hydrogen (secondary N) is 2. The van der Waals surface area contributed by atoms with Crippen LogP contribution in [-0.4, -0.2) is 20.5 Å². The minimum absolute atomic E-state index is 0.153. The lowest BCUT2D eigenvalue weighted by Crippen LogP contribution is -2.37. The average molecular weight is 332 g/mol. The highest BCUT2D eigenvalue weighted by Gasteiger charge is 2.24. The first-order chi connectivity index (χ1) is 12.2. The van der Waals surface area contributed by atoms with Gasteiger partial charge in [-0.2, -0.15) is 0 Å². The quantitative estimate of drug-likeness (QED) is 0.753. The number of nitrogens with zero attached hydrogens (tertiary/aromatic N) is 4. The maximum atomic E-state index is 12.5. The molecule has 0 amide bonds. The normalized spacial score (nSPS) is 15.7. The molecule has 4 rings (SSSR count). The van der Waals surface area contributed by atoms with Crippen LogP contribution in [-0.2, 0) is 0 Å². The predicted octanol–water partition coefficient (Wildman–Crippen LogP) is 2.39. The van der Waals surface area contributed by atoms with Crippen LogP contribution in [0.3, 0.4) is 0 Å². The van der Waals surface area contributed by atoms with Crippen molar-refractivity contribution in [2.24, 2.45) is 4.99 Å². The van der Waals surface area contributed by atoms with Gasteiger partial charge < -0.3 is 5.32 Å². The summed E-state index contributed by atoms with van der Waals surface area (Å²) in [5, 5.41) is 6.33. The van der Waals surface area contributed by atoms with Crippen LogP contribution in [0.5, 0.6) is 0 Å². The molecule has 1 aliphatic heterocycles. The first kappa shape index (κ1) is 15.1. The molecule has 7 heteroatoms. The van der Waals surface area contributed by atoms with E-state index in [1.54, 1.807) is 23.9 Å². The van der Waals surface area contributed by atoms with E-state index in [9.17, 15) is 4.79 Å². The zero-order chi connectivity index (χ0) is 17.2. The first-order valence-corrected chi connectivity index (χ1v) is 7.88. The van der Waals surface area contributed by atoms with Gasteiger partial charge in [-0.15, -0.1) is 0 Å². The van der Waals surface area contributed by atoms with Gasteiger partial charge in [-0.05, 0) is 31.2 Å². The lowest BCUT2D eigenvalue weighted by Gasteiger charge is -2.26. The van der Waals surface area contributed by atoms with Crippen molar-refractivity contribution in [2.75, 3.05) is 10.6 Å². The van der Waals surface area contributed by atoms with Crippen molar-refractivity contribution in [3.63, 3.8) is 0 Å². The molecular formula is C18H16N6O. The Balaban J connectivity index is 1.81. The highest BCUT2D eigenvalue weighted by molar-refractivity contribution is 6.03. The number of guanidine groups is 1. The maximum absolute atomic E-state index is 12.5. The summed E-state index contributed by atoms with van der Waals surface area (Å²) >= 11 is 0. The van der Waals surface area contributed by atoms with Crippen molar-refractivity contribution in [3.8, 4) is 0 Å². The van der Waals surface area contributed by atoms with E-state index in [1.807, 2.05) is 42.5 Å². The van der Waals surface area contributed by atoms with Crippen LogP contribution < -0.4 is 16.2 Å². The molecular weight excluding hydrogens is 316 g/mol. The number of fused-ring (bicyclic) bond motifs is 1. The zero-order valence-corrected chi connectivity index (χ0v) is 13.5. The lowest BCUT2D eigenvalue weighted by molar-refractivity contribution is 0.576. The molecule has 3 heterocycles. The van der Waals surface area contributed by atoms with E-state index < -0.39 is 6.17 Å². The summed E-state index contributed by atoms with van der Waals surface area (Å²) in [5.41, 5.74) is 2.25. The third-order valence-corrected chi connectivity index (χ3v) is 3.85. The summed E-state index contributed by atoms with van der Waals surface area (Å²) in [5.74, 6) is 0.991. The van der Waals surface area contributed by atoms with Crippen molar-refractivity contribution in [2.45, 2.75) is 13.1 Å². The predicted molar refractivity (Wildman–Crippen MR) is 96.7 cm³/mol. The highest BCUT2D eigenvalue weighted by atomic mass is 16.1. The zero-order valence-electron chi connectivity index (χ0n) is 13.5. The Morgan fingerprint density at radius 3 is 2.64 bits per heavy atom. The Morgan fingerprint density at radius 1 is 1.12 bits per heavy atom. The van der Waals surface area contributed by atoms with E-state index in [4.69, 9.17) is 0 Å². The van der Waals surface area contributed by atoms with Gasteiger partial charge >= 0.3 is 0 Å². The number of hydrogen-bond acceptors (Lipinski definition) is 6. The second-order valence-electron chi connectivity index (χ2n) is 5.68. The van der Waals surface area contributed by atoms with Crippen molar-refractivity contribution < 1.29 is 0 Å². The fourth-order valence-electron chi connectivity index (χ4n) is 2.73. The molecule has 0 aliphatic carbocycles. The highest BCUT2D eigenvalue weighted by Crippen LogP contribution is 2.25. The van der Waals surface area contributed by atoms with E-state index in [1.165, 1.54) is 6.07 Å². The second kappa shape index (κ2) is 6.20. The molecule has 1 atom stereocenters. The van der Waals surface area contributed by atoms with E-state index in [0.29, 0.717) is 17.6 Å². The molecule has 2 N–H and O–H groups in total.